The van der Waals surface area contributed by atoms with Crippen LogP contribution in [0, 0.1) is 0 Å². The molecule has 254 valence electrons. The average molecular weight is 636 g/mol. The minimum atomic E-state index is -0.341. The zero-order valence-corrected chi connectivity index (χ0v) is 27.0. The zero-order chi connectivity index (χ0) is 33.4. The lowest BCUT2D eigenvalue weighted by atomic mass is 10.3. The summed E-state index contributed by atoms with van der Waals surface area (Å²) < 4.78 is 11.0. The fourth-order valence-electron chi connectivity index (χ4n) is 3.60. The molecular weight excluding hydrogens is 582 g/mol. The first kappa shape index (κ1) is 41.5. The number of aliphatic hydroxyl groups is 1. The molecule has 0 aliphatic heterocycles. The first-order valence-electron chi connectivity index (χ1n) is 15.0. The van der Waals surface area contributed by atoms with Gasteiger partial charge in [-0.15, -0.1) is 0 Å². The fraction of sp³-hybridized carbons (Fsp3) is 0.633. The summed E-state index contributed by atoms with van der Waals surface area (Å²) in [5, 5.41) is 18.2. The van der Waals surface area contributed by atoms with Crippen LogP contribution in [0.5, 0.6) is 0 Å². The van der Waals surface area contributed by atoms with Gasteiger partial charge in [-0.2, -0.15) is 0 Å². The van der Waals surface area contributed by atoms with Crippen LogP contribution in [0.1, 0.15) is 12.8 Å². The van der Waals surface area contributed by atoms with Gasteiger partial charge in [-0.1, -0.05) is 0 Å². The molecule has 0 saturated carbocycles. The SMILES string of the molecule is C=N/C=C(\C=N/CCN(CCNC)C(=O)CCOCCN(CC/N=C\C(=C/N=C)C(=O)NCCOCCC=O)CCNC)CO. The largest absolute Gasteiger partial charge is 0.392 e. The molecule has 2 amide bonds. The van der Waals surface area contributed by atoms with Crippen molar-refractivity contribution in [1.82, 2.24) is 25.8 Å². The highest BCUT2D eigenvalue weighted by molar-refractivity contribution is 6.12. The van der Waals surface area contributed by atoms with Crippen molar-refractivity contribution in [3.8, 4) is 0 Å². The van der Waals surface area contributed by atoms with Crippen LogP contribution in [0.15, 0.2) is 43.5 Å². The molecule has 0 rings (SSSR count). The van der Waals surface area contributed by atoms with Crippen LogP contribution < -0.4 is 16.0 Å². The Kier molecular flexibility index (Phi) is 28.2. The predicted molar refractivity (Wildman–Crippen MR) is 180 cm³/mol. The van der Waals surface area contributed by atoms with Crippen LogP contribution in [0.2, 0.25) is 0 Å². The Morgan fingerprint density at radius 1 is 0.822 bits per heavy atom. The predicted octanol–water partition coefficient (Wildman–Crippen LogP) is -1.01. The van der Waals surface area contributed by atoms with Crippen molar-refractivity contribution in [2.24, 2.45) is 20.0 Å². The van der Waals surface area contributed by atoms with Gasteiger partial charge in [0, 0.05) is 89.2 Å². The topological polar surface area (TPSA) is 182 Å². The van der Waals surface area contributed by atoms with Crippen molar-refractivity contribution >= 4 is 44.0 Å². The summed E-state index contributed by atoms with van der Waals surface area (Å²) >= 11 is 0. The highest BCUT2D eigenvalue weighted by atomic mass is 16.5. The Bertz CT molecular complexity index is 956. The Balaban J connectivity index is 4.66. The van der Waals surface area contributed by atoms with Gasteiger partial charge in [-0.3, -0.25) is 34.5 Å². The van der Waals surface area contributed by atoms with Gasteiger partial charge in [-0.25, -0.2) is 0 Å². The lowest BCUT2D eigenvalue weighted by Gasteiger charge is -2.23. The number of hydrogen-bond acceptors (Lipinski definition) is 13. The number of nitrogens with zero attached hydrogens (tertiary/aromatic N) is 6. The Morgan fingerprint density at radius 3 is 2.20 bits per heavy atom. The third-order valence-electron chi connectivity index (χ3n) is 6.05. The second-order valence-corrected chi connectivity index (χ2v) is 9.50. The smallest absolute Gasteiger partial charge is 0.254 e. The number of amides is 2. The number of carbonyl (C=O) groups is 3. The van der Waals surface area contributed by atoms with Gasteiger partial charge < -0.3 is 40.2 Å². The third kappa shape index (κ3) is 23.6. The van der Waals surface area contributed by atoms with Gasteiger partial charge in [0.2, 0.25) is 5.91 Å². The minimum Gasteiger partial charge on any atom is -0.392 e. The number of aldehydes is 1. The van der Waals surface area contributed by atoms with E-state index in [-0.39, 0.29) is 30.4 Å². The van der Waals surface area contributed by atoms with E-state index in [1.165, 1.54) is 24.8 Å². The van der Waals surface area contributed by atoms with Crippen LogP contribution in [0.25, 0.3) is 0 Å². The van der Waals surface area contributed by atoms with E-state index in [9.17, 15) is 19.5 Å². The van der Waals surface area contributed by atoms with E-state index in [0.29, 0.717) is 90.8 Å². The van der Waals surface area contributed by atoms with Crippen LogP contribution in [0.3, 0.4) is 0 Å². The maximum atomic E-state index is 12.8. The van der Waals surface area contributed by atoms with E-state index in [4.69, 9.17) is 9.47 Å². The molecule has 0 spiro atoms. The van der Waals surface area contributed by atoms with E-state index in [1.807, 2.05) is 14.1 Å². The standard InChI is InChI=1S/C30H53N9O6/c1-31-7-12-38(13-9-36-25-28(24-34-4)30(43)37-11-20-44-18-5-17-40)16-21-45-19-6-29(42)39(14-8-32-2)15-10-35-23-27(26-41)22-33-3/h17,22-25,31-32,41H,3-16,18-21,26H2,1-2H3,(H,37,43)/b27-22+,28-24+,35-23-,36-25-. The minimum absolute atomic E-state index is 0.0140. The van der Waals surface area contributed by atoms with E-state index in [0.717, 1.165) is 19.4 Å². The van der Waals surface area contributed by atoms with Crippen LogP contribution in [-0.2, 0) is 23.9 Å². The molecule has 0 radical (unpaired) electrons. The molecule has 15 nitrogen and oxygen atoms in total. The summed E-state index contributed by atoms with van der Waals surface area (Å²) in [6.07, 6.45) is 7.15. The lowest BCUT2D eigenvalue weighted by molar-refractivity contribution is -0.132. The van der Waals surface area contributed by atoms with Crippen molar-refractivity contribution in [2.45, 2.75) is 12.8 Å². The van der Waals surface area contributed by atoms with Gasteiger partial charge >= 0.3 is 0 Å². The summed E-state index contributed by atoms with van der Waals surface area (Å²) in [6, 6.07) is 0. The van der Waals surface area contributed by atoms with Crippen LogP contribution in [-0.4, -0.2) is 171 Å². The second kappa shape index (κ2) is 30.6. The molecule has 0 aromatic carbocycles. The normalized spacial score (nSPS) is 12.3. The molecule has 45 heavy (non-hydrogen) atoms. The van der Waals surface area contributed by atoms with Gasteiger partial charge in [0.05, 0.1) is 58.1 Å². The number of aliphatic imine (C=N–C) groups is 4. The third-order valence-corrected chi connectivity index (χ3v) is 6.05. The molecule has 0 aliphatic rings. The Hall–Kier alpha value is -3.47. The first-order chi connectivity index (χ1) is 22.0. The van der Waals surface area contributed by atoms with Crippen LogP contribution >= 0.6 is 0 Å². The molecule has 4 N–H and O–H groups in total. The molecule has 0 unspecified atom stereocenters. The van der Waals surface area contributed by atoms with Crippen molar-refractivity contribution in [3.63, 3.8) is 0 Å². The maximum absolute atomic E-state index is 12.8. The van der Waals surface area contributed by atoms with E-state index in [2.05, 4.69) is 54.3 Å². The molecule has 0 aromatic heterocycles. The molecule has 0 heterocycles. The summed E-state index contributed by atoms with van der Waals surface area (Å²) in [4.78, 5) is 55.4. The van der Waals surface area contributed by atoms with E-state index < -0.39 is 0 Å². The van der Waals surface area contributed by atoms with Gasteiger partial charge in [0.15, 0.2) is 0 Å². The Labute approximate surface area is 267 Å². The highest BCUT2D eigenvalue weighted by Gasteiger charge is 2.13. The zero-order valence-electron chi connectivity index (χ0n) is 27.0. The number of likely N-dealkylation sites (N-methyl/N-ethyl adjacent to an activating group) is 2. The van der Waals surface area contributed by atoms with Gasteiger partial charge in [0.1, 0.15) is 6.29 Å². The van der Waals surface area contributed by atoms with Gasteiger partial charge in [0.25, 0.3) is 5.91 Å². The monoisotopic (exact) mass is 635 g/mol. The van der Waals surface area contributed by atoms with Crippen LogP contribution in [0.4, 0.5) is 0 Å². The molecule has 0 fully saturated rings. The number of rotatable bonds is 30. The molecular formula is C30H53N9O6. The molecule has 0 bridgehead atoms. The van der Waals surface area contributed by atoms with Crippen molar-refractivity contribution < 1.29 is 29.0 Å². The first-order valence-corrected chi connectivity index (χ1v) is 15.0. The number of aliphatic hydroxyl groups excluding tert-OH is 1. The summed E-state index contributed by atoms with van der Waals surface area (Å²) in [5.74, 6) is -0.355. The maximum Gasteiger partial charge on any atom is 0.254 e. The quantitative estimate of drug-likeness (QED) is 0.0333. The average Bonchev–Trinajstić information content (AvgIpc) is 3.04. The number of ether oxygens (including phenoxy) is 2. The molecule has 0 aliphatic carbocycles. The number of carbonyl (C=O) groups excluding carboxylic acids is 3. The number of hydrogen-bond donors (Lipinski definition) is 4. The van der Waals surface area contributed by atoms with E-state index >= 15 is 0 Å². The molecule has 0 atom stereocenters. The molecule has 0 saturated heterocycles. The Morgan fingerprint density at radius 2 is 1.51 bits per heavy atom. The number of nitrogens with one attached hydrogen (secondary N) is 3. The fourth-order valence-corrected chi connectivity index (χ4v) is 3.60. The van der Waals surface area contributed by atoms with Crippen molar-refractivity contribution in [1.29, 1.82) is 0 Å². The summed E-state index contributed by atoms with van der Waals surface area (Å²) in [6.45, 7) is 13.7. The summed E-state index contributed by atoms with van der Waals surface area (Å²) in [7, 11) is 3.72. The summed E-state index contributed by atoms with van der Waals surface area (Å²) in [5.41, 5.74) is 0.822. The lowest BCUT2D eigenvalue weighted by Crippen LogP contribution is -2.38. The molecule has 0 aromatic rings. The van der Waals surface area contributed by atoms with Gasteiger partial charge in [-0.05, 0) is 27.5 Å². The van der Waals surface area contributed by atoms with Crippen molar-refractivity contribution in [3.05, 3.63) is 23.5 Å². The highest BCUT2D eigenvalue weighted by Crippen LogP contribution is 1.98. The molecule has 15 heteroatoms. The van der Waals surface area contributed by atoms with Crippen molar-refractivity contribution in [2.75, 3.05) is 113 Å². The second-order valence-electron chi connectivity index (χ2n) is 9.50. The van der Waals surface area contributed by atoms with E-state index in [1.54, 1.807) is 4.90 Å².